The zero-order chi connectivity index (χ0) is 17.2. The summed E-state index contributed by atoms with van der Waals surface area (Å²) in [5.74, 6) is 0.251. The largest absolute Gasteiger partial charge is 0.334 e. The van der Waals surface area contributed by atoms with Crippen LogP contribution in [0, 0.1) is 21.4 Å². The summed E-state index contributed by atoms with van der Waals surface area (Å²) in [5.41, 5.74) is 1.02. The summed E-state index contributed by atoms with van der Waals surface area (Å²) in [6.07, 6.45) is 4.80. The number of nitro groups is 1. The molecule has 0 bridgehead atoms. The Bertz CT molecular complexity index is 659. The van der Waals surface area contributed by atoms with Crippen molar-refractivity contribution < 1.29 is 9.72 Å². The normalized spacial score (nSPS) is 20.4. The molecule has 1 aromatic carbocycles. The van der Waals surface area contributed by atoms with Crippen molar-refractivity contribution >= 4 is 24.0 Å². The molecule has 6 nitrogen and oxygen atoms in total. The Balaban J connectivity index is 0.00000225. The van der Waals surface area contributed by atoms with E-state index >= 15 is 0 Å². The lowest BCUT2D eigenvalue weighted by Gasteiger charge is -2.26. The van der Waals surface area contributed by atoms with Crippen molar-refractivity contribution in [2.75, 3.05) is 19.6 Å². The van der Waals surface area contributed by atoms with Crippen LogP contribution in [0.1, 0.15) is 24.8 Å². The van der Waals surface area contributed by atoms with Gasteiger partial charge in [0.05, 0.1) is 4.92 Å². The van der Waals surface area contributed by atoms with Crippen LogP contribution in [-0.4, -0.2) is 35.4 Å². The minimum absolute atomic E-state index is 0. The van der Waals surface area contributed by atoms with E-state index in [-0.39, 0.29) is 35.3 Å². The summed E-state index contributed by atoms with van der Waals surface area (Å²) >= 11 is 0. The molecule has 0 radical (unpaired) electrons. The standard InChI is InChI=1S/C18H23N3O3.ClH/c1-2-10-20(13-14-4-3-5-15(11-14)21(23)24)17(22)16-12-18(16)6-8-19-9-7-18;/h2-5,11,16,19H,1,6-10,12-13H2;1H. The Morgan fingerprint density at radius 1 is 1.44 bits per heavy atom. The first kappa shape index (κ1) is 19.4. The van der Waals surface area contributed by atoms with Gasteiger partial charge < -0.3 is 10.2 Å². The molecule has 1 spiro atoms. The molecule has 1 amide bonds. The summed E-state index contributed by atoms with van der Waals surface area (Å²) in [6.45, 7) is 6.56. The lowest BCUT2D eigenvalue weighted by molar-refractivity contribution is -0.384. The van der Waals surface area contributed by atoms with Crippen LogP contribution < -0.4 is 5.32 Å². The predicted molar refractivity (Wildman–Crippen MR) is 98.6 cm³/mol. The van der Waals surface area contributed by atoms with Gasteiger partial charge in [-0.05, 0) is 43.3 Å². The summed E-state index contributed by atoms with van der Waals surface area (Å²) in [6, 6.07) is 6.49. The first-order valence-electron chi connectivity index (χ1n) is 8.39. The number of hydrogen-bond acceptors (Lipinski definition) is 4. The molecule has 1 N–H and O–H groups in total. The molecule has 0 aromatic heterocycles. The van der Waals surface area contributed by atoms with Gasteiger partial charge in [-0.1, -0.05) is 18.2 Å². The third kappa shape index (κ3) is 4.19. The van der Waals surface area contributed by atoms with Crippen molar-refractivity contribution in [2.45, 2.75) is 25.8 Å². The fourth-order valence-corrected chi connectivity index (χ4v) is 3.77. The van der Waals surface area contributed by atoms with Gasteiger partial charge >= 0.3 is 0 Å². The molecule has 1 unspecified atom stereocenters. The van der Waals surface area contributed by atoms with Gasteiger partial charge in [0, 0.05) is 31.1 Å². The first-order valence-corrected chi connectivity index (χ1v) is 8.39. The van der Waals surface area contributed by atoms with E-state index < -0.39 is 4.92 Å². The fourth-order valence-electron chi connectivity index (χ4n) is 3.77. The van der Waals surface area contributed by atoms with Crippen LogP contribution in [0.4, 0.5) is 5.69 Å². The quantitative estimate of drug-likeness (QED) is 0.477. The lowest BCUT2D eigenvalue weighted by atomic mass is 9.91. The maximum atomic E-state index is 12.9. The van der Waals surface area contributed by atoms with Gasteiger partial charge in [0.1, 0.15) is 0 Å². The van der Waals surface area contributed by atoms with Gasteiger partial charge in [-0.25, -0.2) is 0 Å². The molecular formula is C18H24ClN3O3. The number of benzene rings is 1. The van der Waals surface area contributed by atoms with Crippen molar-refractivity contribution in [3.63, 3.8) is 0 Å². The third-order valence-electron chi connectivity index (χ3n) is 5.24. The monoisotopic (exact) mass is 365 g/mol. The number of carbonyl (C=O) groups is 1. The number of nitrogens with zero attached hydrogens (tertiary/aromatic N) is 2. The minimum Gasteiger partial charge on any atom is -0.334 e. The molecule has 1 saturated carbocycles. The molecule has 25 heavy (non-hydrogen) atoms. The van der Waals surface area contributed by atoms with E-state index in [0.717, 1.165) is 37.9 Å². The average molecular weight is 366 g/mol. The van der Waals surface area contributed by atoms with Crippen molar-refractivity contribution in [2.24, 2.45) is 11.3 Å². The Kier molecular flexibility index (Phi) is 6.19. The number of amides is 1. The highest BCUT2D eigenvalue weighted by molar-refractivity contribution is 5.85. The van der Waals surface area contributed by atoms with Gasteiger partial charge in [0.25, 0.3) is 5.69 Å². The second-order valence-electron chi connectivity index (χ2n) is 6.80. The van der Waals surface area contributed by atoms with E-state index in [9.17, 15) is 14.9 Å². The molecule has 1 aliphatic carbocycles. The smallest absolute Gasteiger partial charge is 0.269 e. The molecule has 1 heterocycles. The van der Waals surface area contributed by atoms with Gasteiger partial charge in [0.15, 0.2) is 0 Å². The van der Waals surface area contributed by atoms with E-state index in [2.05, 4.69) is 11.9 Å². The molecule has 3 rings (SSSR count). The number of carbonyl (C=O) groups excluding carboxylic acids is 1. The van der Waals surface area contributed by atoms with Crippen LogP contribution in [0.25, 0.3) is 0 Å². The summed E-state index contributed by atoms with van der Waals surface area (Å²) in [7, 11) is 0. The van der Waals surface area contributed by atoms with Gasteiger partial charge in [-0.3, -0.25) is 14.9 Å². The molecule has 2 fully saturated rings. The van der Waals surface area contributed by atoms with Crippen LogP contribution in [-0.2, 0) is 11.3 Å². The van der Waals surface area contributed by atoms with Crippen molar-refractivity contribution in [1.82, 2.24) is 10.2 Å². The molecule has 1 saturated heterocycles. The minimum atomic E-state index is -0.409. The van der Waals surface area contributed by atoms with E-state index in [1.165, 1.54) is 12.1 Å². The zero-order valence-corrected chi connectivity index (χ0v) is 15.0. The molecular weight excluding hydrogens is 342 g/mol. The summed E-state index contributed by atoms with van der Waals surface area (Å²) in [5, 5.41) is 14.3. The van der Waals surface area contributed by atoms with Crippen molar-refractivity contribution in [3.8, 4) is 0 Å². The molecule has 1 aromatic rings. The number of rotatable bonds is 6. The predicted octanol–water partition coefficient (Wildman–Crippen LogP) is 2.92. The van der Waals surface area contributed by atoms with Crippen molar-refractivity contribution in [1.29, 1.82) is 0 Å². The van der Waals surface area contributed by atoms with Crippen LogP contribution in [0.5, 0.6) is 0 Å². The number of nitrogens with one attached hydrogen (secondary N) is 1. The van der Waals surface area contributed by atoms with Crippen molar-refractivity contribution in [3.05, 3.63) is 52.6 Å². The Labute approximate surface area is 153 Å². The number of halogens is 1. The van der Waals surface area contributed by atoms with Crippen LogP contribution in [0.15, 0.2) is 36.9 Å². The SMILES string of the molecule is C=CCN(Cc1cccc([N+](=O)[O-])c1)C(=O)C1CC12CCNCC2.Cl. The molecule has 7 heteroatoms. The third-order valence-corrected chi connectivity index (χ3v) is 5.24. The topological polar surface area (TPSA) is 75.5 Å². The number of piperidine rings is 1. The number of non-ortho nitro benzene ring substituents is 1. The summed E-state index contributed by atoms with van der Waals surface area (Å²) in [4.78, 5) is 25.2. The zero-order valence-electron chi connectivity index (χ0n) is 14.1. The Morgan fingerprint density at radius 2 is 2.16 bits per heavy atom. The molecule has 2 aliphatic rings. The first-order chi connectivity index (χ1) is 11.6. The van der Waals surface area contributed by atoms with E-state index in [1.807, 2.05) is 6.07 Å². The Hall–Kier alpha value is -1.92. The highest BCUT2D eigenvalue weighted by atomic mass is 35.5. The second-order valence-corrected chi connectivity index (χ2v) is 6.80. The van der Waals surface area contributed by atoms with Gasteiger partial charge in [-0.15, -0.1) is 19.0 Å². The maximum Gasteiger partial charge on any atom is 0.269 e. The van der Waals surface area contributed by atoms with E-state index in [0.29, 0.717) is 13.1 Å². The lowest BCUT2D eigenvalue weighted by Crippen LogP contribution is -2.36. The fraction of sp³-hybridized carbons (Fsp3) is 0.500. The molecule has 1 aliphatic heterocycles. The van der Waals surface area contributed by atoms with E-state index in [4.69, 9.17) is 0 Å². The van der Waals surface area contributed by atoms with Gasteiger partial charge in [0.2, 0.25) is 5.91 Å². The number of nitro benzene ring substituents is 1. The van der Waals surface area contributed by atoms with E-state index in [1.54, 1.807) is 17.0 Å². The number of hydrogen-bond donors (Lipinski definition) is 1. The van der Waals surface area contributed by atoms with Crippen LogP contribution in [0.3, 0.4) is 0 Å². The average Bonchev–Trinajstić information content (AvgIpc) is 3.27. The van der Waals surface area contributed by atoms with Crippen LogP contribution >= 0.6 is 12.4 Å². The summed E-state index contributed by atoms with van der Waals surface area (Å²) < 4.78 is 0. The van der Waals surface area contributed by atoms with Gasteiger partial charge in [-0.2, -0.15) is 0 Å². The second kappa shape index (κ2) is 7.97. The highest BCUT2D eigenvalue weighted by Gasteiger charge is 2.58. The highest BCUT2D eigenvalue weighted by Crippen LogP contribution is 2.59. The maximum absolute atomic E-state index is 12.9. The molecule has 136 valence electrons. The Morgan fingerprint density at radius 3 is 2.80 bits per heavy atom. The molecule has 1 atom stereocenters. The van der Waals surface area contributed by atoms with Crippen LogP contribution in [0.2, 0.25) is 0 Å².